The lowest BCUT2D eigenvalue weighted by atomic mass is 9.82. The summed E-state index contributed by atoms with van der Waals surface area (Å²) in [6, 6.07) is 0. The van der Waals surface area contributed by atoms with Crippen molar-refractivity contribution in [3.63, 3.8) is 0 Å². The molecule has 1 fully saturated rings. The molecule has 0 nitrogen and oxygen atoms in total. The molecule has 0 heteroatoms. The molecule has 0 atom stereocenters. The van der Waals surface area contributed by atoms with Gasteiger partial charge in [-0.1, -0.05) is 50.0 Å². The zero-order chi connectivity index (χ0) is 9.68. The minimum atomic E-state index is 0.871. The predicted octanol–water partition coefficient (Wildman–Crippen LogP) is 4.48. The molecule has 74 valence electrons. The van der Waals surface area contributed by atoms with E-state index in [-0.39, 0.29) is 0 Å². The van der Waals surface area contributed by atoms with E-state index in [1.54, 1.807) is 5.57 Å². The summed E-state index contributed by atoms with van der Waals surface area (Å²) in [5, 5.41) is 0. The molecule has 1 aliphatic carbocycles. The van der Waals surface area contributed by atoms with Crippen molar-refractivity contribution in [2.75, 3.05) is 0 Å². The van der Waals surface area contributed by atoms with Crippen molar-refractivity contribution in [2.24, 2.45) is 5.92 Å². The molecule has 0 aromatic rings. The fraction of sp³-hybridized carbons (Fsp3) is 0.692. The third-order valence-electron chi connectivity index (χ3n) is 2.97. The second kappa shape index (κ2) is 5.26. The smallest absolute Gasteiger partial charge is 0.0200 e. The van der Waals surface area contributed by atoms with Crippen LogP contribution < -0.4 is 0 Å². The first-order chi connectivity index (χ1) is 6.24. The molecule has 0 aliphatic heterocycles. The molecule has 1 rings (SSSR count). The fourth-order valence-electron chi connectivity index (χ4n) is 2.30. The van der Waals surface area contributed by atoms with Crippen LogP contribution in [0.2, 0.25) is 0 Å². The molecular weight excluding hydrogens is 156 g/mol. The molecule has 1 aliphatic rings. The van der Waals surface area contributed by atoms with Crippen LogP contribution >= 0.6 is 0 Å². The average molecular weight is 178 g/mol. The van der Waals surface area contributed by atoms with Gasteiger partial charge in [-0.25, -0.2) is 0 Å². The molecule has 0 N–H and O–H groups in total. The maximum atomic E-state index is 3.96. The normalized spacial score (nSPS) is 20.3. The summed E-state index contributed by atoms with van der Waals surface area (Å²) in [6.07, 6.45) is 10.6. The number of allylic oxidation sites excluding steroid dienone is 3. The van der Waals surface area contributed by atoms with Crippen molar-refractivity contribution in [3.05, 3.63) is 23.8 Å². The Kier molecular flexibility index (Phi) is 4.27. The van der Waals surface area contributed by atoms with Gasteiger partial charge in [-0.15, -0.1) is 0 Å². The molecule has 0 spiro atoms. The van der Waals surface area contributed by atoms with Gasteiger partial charge in [0.25, 0.3) is 0 Å². The first-order valence-electron chi connectivity index (χ1n) is 5.60. The van der Waals surface area contributed by atoms with E-state index in [9.17, 15) is 0 Å². The SMILES string of the molecule is C=C(C)C=C(CC)C1CCCCC1. The number of hydrogen-bond donors (Lipinski definition) is 0. The van der Waals surface area contributed by atoms with E-state index in [0.717, 1.165) is 5.92 Å². The number of hydrogen-bond acceptors (Lipinski definition) is 0. The molecule has 0 unspecified atom stereocenters. The van der Waals surface area contributed by atoms with Gasteiger partial charge in [0.15, 0.2) is 0 Å². The van der Waals surface area contributed by atoms with Crippen LogP contribution in [-0.4, -0.2) is 0 Å². The van der Waals surface area contributed by atoms with E-state index in [2.05, 4.69) is 26.5 Å². The Bertz CT molecular complexity index is 192. The van der Waals surface area contributed by atoms with Gasteiger partial charge in [-0.2, -0.15) is 0 Å². The van der Waals surface area contributed by atoms with Gasteiger partial charge in [0.2, 0.25) is 0 Å². The van der Waals surface area contributed by atoms with E-state index in [4.69, 9.17) is 0 Å². The topological polar surface area (TPSA) is 0 Å². The van der Waals surface area contributed by atoms with Crippen LogP contribution in [0.4, 0.5) is 0 Å². The van der Waals surface area contributed by atoms with Crippen LogP contribution in [0.1, 0.15) is 52.4 Å². The van der Waals surface area contributed by atoms with Crippen molar-refractivity contribution in [1.82, 2.24) is 0 Å². The highest BCUT2D eigenvalue weighted by Crippen LogP contribution is 2.31. The molecular formula is C13H22. The van der Waals surface area contributed by atoms with Crippen LogP contribution in [0.25, 0.3) is 0 Å². The maximum Gasteiger partial charge on any atom is -0.0200 e. The summed E-state index contributed by atoms with van der Waals surface area (Å²) in [7, 11) is 0. The van der Waals surface area contributed by atoms with Crippen molar-refractivity contribution in [2.45, 2.75) is 52.4 Å². The van der Waals surface area contributed by atoms with Crippen molar-refractivity contribution in [1.29, 1.82) is 0 Å². The molecule has 13 heavy (non-hydrogen) atoms. The Hall–Kier alpha value is -0.520. The van der Waals surface area contributed by atoms with Crippen LogP contribution in [0, 0.1) is 5.92 Å². The second-order valence-corrected chi connectivity index (χ2v) is 4.25. The Morgan fingerprint density at radius 3 is 2.38 bits per heavy atom. The molecule has 0 aromatic heterocycles. The molecule has 0 saturated heterocycles. The molecule has 0 bridgehead atoms. The minimum Gasteiger partial charge on any atom is -0.0961 e. The Balaban J connectivity index is 2.58. The Morgan fingerprint density at radius 2 is 1.92 bits per heavy atom. The van der Waals surface area contributed by atoms with Gasteiger partial charge in [0.1, 0.15) is 0 Å². The molecule has 0 amide bonds. The zero-order valence-corrected chi connectivity index (χ0v) is 9.10. The Morgan fingerprint density at radius 1 is 1.31 bits per heavy atom. The summed E-state index contributed by atoms with van der Waals surface area (Å²) in [4.78, 5) is 0. The van der Waals surface area contributed by atoms with E-state index in [0.29, 0.717) is 0 Å². The van der Waals surface area contributed by atoms with Crippen LogP contribution in [0.15, 0.2) is 23.8 Å². The first kappa shape index (κ1) is 10.6. The van der Waals surface area contributed by atoms with Gasteiger partial charge < -0.3 is 0 Å². The Labute approximate surface area is 82.7 Å². The molecule has 0 heterocycles. The van der Waals surface area contributed by atoms with E-state index in [1.807, 2.05) is 0 Å². The quantitative estimate of drug-likeness (QED) is 0.559. The lowest BCUT2D eigenvalue weighted by Crippen LogP contribution is -2.08. The lowest BCUT2D eigenvalue weighted by Gasteiger charge is -2.24. The summed E-state index contributed by atoms with van der Waals surface area (Å²) in [5.41, 5.74) is 2.84. The van der Waals surface area contributed by atoms with Gasteiger partial charge in [0, 0.05) is 0 Å². The van der Waals surface area contributed by atoms with Crippen LogP contribution in [-0.2, 0) is 0 Å². The third-order valence-corrected chi connectivity index (χ3v) is 2.97. The number of rotatable bonds is 3. The maximum absolute atomic E-state index is 3.96. The van der Waals surface area contributed by atoms with Crippen molar-refractivity contribution < 1.29 is 0 Å². The van der Waals surface area contributed by atoms with E-state index in [1.165, 1.54) is 44.1 Å². The van der Waals surface area contributed by atoms with Crippen molar-refractivity contribution in [3.8, 4) is 0 Å². The highest BCUT2D eigenvalue weighted by molar-refractivity contribution is 5.20. The first-order valence-corrected chi connectivity index (χ1v) is 5.60. The largest absolute Gasteiger partial charge is 0.0961 e. The molecule has 0 radical (unpaired) electrons. The lowest BCUT2D eigenvalue weighted by molar-refractivity contribution is 0.396. The summed E-state index contributed by atoms with van der Waals surface area (Å²) in [6.45, 7) is 8.32. The van der Waals surface area contributed by atoms with Gasteiger partial charge in [0.05, 0.1) is 0 Å². The van der Waals surface area contributed by atoms with Gasteiger partial charge in [-0.3, -0.25) is 0 Å². The minimum absolute atomic E-state index is 0.871. The van der Waals surface area contributed by atoms with Crippen LogP contribution in [0.3, 0.4) is 0 Å². The monoisotopic (exact) mass is 178 g/mol. The summed E-state index contributed by atoms with van der Waals surface area (Å²) in [5.74, 6) is 0.871. The zero-order valence-electron chi connectivity index (χ0n) is 9.10. The highest BCUT2D eigenvalue weighted by atomic mass is 14.2. The van der Waals surface area contributed by atoms with E-state index >= 15 is 0 Å². The highest BCUT2D eigenvalue weighted by Gasteiger charge is 2.15. The third kappa shape index (κ3) is 3.38. The molecule has 0 aromatic carbocycles. The van der Waals surface area contributed by atoms with Gasteiger partial charge >= 0.3 is 0 Å². The fourth-order valence-corrected chi connectivity index (χ4v) is 2.30. The predicted molar refractivity (Wildman–Crippen MR) is 59.8 cm³/mol. The van der Waals surface area contributed by atoms with E-state index < -0.39 is 0 Å². The summed E-state index contributed by atoms with van der Waals surface area (Å²) >= 11 is 0. The summed E-state index contributed by atoms with van der Waals surface area (Å²) < 4.78 is 0. The second-order valence-electron chi connectivity index (χ2n) is 4.25. The average Bonchev–Trinajstić information content (AvgIpc) is 2.15. The van der Waals surface area contributed by atoms with Gasteiger partial charge in [-0.05, 0) is 32.1 Å². The van der Waals surface area contributed by atoms with Crippen molar-refractivity contribution >= 4 is 0 Å². The van der Waals surface area contributed by atoms with Crippen LogP contribution in [0.5, 0.6) is 0 Å². The molecule has 1 saturated carbocycles. The standard InChI is InChI=1S/C13H22/c1-4-12(10-11(2)3)13-8-6-5-7-9-13/h10,13H,2,4-9H2,1,3H3.